The normalized spacial score (nSPS) is 11.3. The molecule has 1 heterocycles. The van der Waals surface area contributed by atoms with E-state index in [4.69, 9.17) is 4.74 Å². The van der Waals surface area contributed by atoms with Gasteiger partial charge in [-0.05, 0) is 50.2 Å². The van der Waals surface area contributed by atoms with E-state index in [-0.39, 0.29) is 16.9 Å². The second-order valence-electron chi connectivity index (χ2n) is 6.85. The van der Waals surface area contributed by atoms with Crippen molar-refractivity contribution in [2.45, 2.75) is 24.8 Å². The number of hydrogen-bond donors (Lipinski definition) is 1. The van der Waals surface area contributed by atoms with Crippen molar-refractivity contribution in [2.24, 2.45) is 0 Å². The van der Waals surface area contributed by atoms with Crippen molar-refractivity contribution < 1.29 is 17.9 Å². The molecule has 0 saturated heterocycles. The molecule has 0 saturated carbocycles. The Morgan fingerprint density at radius 1 is 1.03 bits per heavy atom. The first-order valence-corrected chi connectivity index (χ1v) is 11.0. The number of nitrogens with one attached hydrogen (secondary N) is 1. The summed E-state index contributed by atoms with van der Waals surface area (Å²) in [6.45, 7) is 3.87. The second-order valence-corrected chi connectivity index (χ2v) is 8.83. The lowest BCUT2D eigenvalue weighted by Crippen LogP contribution is -2.12. The van der Waals surface area contributed by atoms with Crippen LogP contribution in [0.1, 0.15) is 24.2 Å². The van der Waals surface area contributed by atoms with Gasteiger partial charge in [0.05, 0.1) is 16.7 Å². The van der Waals surface area contributed by atoms with Crippen LogP contribution in [0.2, 0.25) is 0 Å². The summed E-state index contributed by atoms with van der Waals surface area (Å²) in [7, 11) is -3.42. The molecule has 3 rings (SSSR count). The predicted octanol–water partition coefficient (Wildman–Crippen LogP) is 4.19. The van der Waals surface area contributed by atoms with Crippen LogP contribution in [0, 0.1) is 0 Å². The molecule has 0 radical (unpaired) electrons. The Hall–Kier alpha value is -3.19. The Labute approximate surface area is 170 Å². The third-order valence-electron chi connectivity index (χ3n) is 4.05. The van der Waals surface area contributed by atoms with E-state index in [9.17, 15) is 13.2 Å². The van der Waals surface area contributed by atoms with E-state index in [2.05, 4.69) is 10.3 Å². The van der Waals surface area contributed by atoms with Crippen LogP contribution in [0.3, 0.4) is 0 Å². The largest absolute Gasteiger partial charge is 0.491 e. The minimum absolute atomic E-state index is 0.0388. The highest BCUT2D eigenvalue weighted by Crippen LogP contribution is 2.25. The number of nitrogens with zero attached hydrogens (tertiary/aromatic N) is 1. The molecule has 150 valence electrons. The van der Waals surface area contributed by atoms with Crippen molar-refractivity contribution in [3.05, 3.63) is 72.4 Å². The van der Waals surface area contributed by atoms with Gasteiger partial charge in [0.2, 0.25) is 0 Å². The van der Waals surface area contributed by atoms with E-state index in [0.29, 0.717) is 28.3 Å². The maximum Gasteiger partial charge on any atom is 0.255 e. The summed E-state index contributed by atoms with van der Waals surface area (Å²) in [5, 5.41) is 2.84. The predicted molar refractivity (Wildman–Crippen MR) is 113 cm³/mol. The lowest BCUT2D eigenvalue weighted by Gasteiger charge is -2.12. The molecule has 7 heteroatoms. The van der Waals surface area contributed by atoms with Crippen molar-refractivity contribution in [1.82, 2.24) is 4.98 Å². The van der Waals surface area contributed by atoms with Crippen molar-refractivity contribution in [2.75, 3.05) is 11.6 Å². The van der Waals surface area contributed by atoms with E-state index in [1.165, 1.54) is 12.3 Å². The SMILES string of the molecule is CC(C)Oc1cccc(NC(=O)c2ccc(-c3ncccc3S(C)(=O)=O)cc2)c1. The van der Waals surface area contributed by atoms with Gasteiger partial charge in [0.1, 0.15) is 5.75 Å². The topological polar surface area (TPSA) is 85.4 Å². The van der Waals surface area contributed by atoms with Crippen LogP contribution >= 0.6 is 0 Å². The molecule has 0 unspecified atom stereocenters. The smallest absolute Gasteiger partial charge is 0.255 e. The van der Waals surface area contributed by atoms with E-state index < -0.39 is 9.84 Å². The van der Waals surface area contributed by atoms with Crippen LogP contribution in [-0.4, -0.2) is 31.7 Å². The van der Waals surface area contributed by atoms with E-state index in [1.807, 2.05) is 26.0 Å². The summed E-state index contributed by atoms with van der Waals surface area (Å²) in [4.78, 5) is 16.9. The number of amides is 1. The molecule has 1 aromatic heterocycles. The summed E-state index contributed by atoms with van der Waals surface area (Å²) in [5.74, 6) is 0.402. The highest BCUT2D eigenvalue weighted by molar-refractivity contribution is 7.90. The third kappa shape index (κ3) is 5.20. The number of anilines is 1. The van der Waals surface area contributed by atoms with E-state index in [0.717, 1.165) is 6.26 Å². The number of hydrogen-bond acceptors (Lipinski definition) is 5. The molecule has 6 nitrogen and oxygen atoms in total. The van der Waals surface area contributed by atoms with Crippen LogP contribution in [-0.2, 0) is 9.84 Å². The van der Waals surface area contributed by atoms with Gasteiger partial charge in [0.15, 0.2) is 9.84 Å². The lowest BCUT2D eigenvalue weighted by atomic mass is 10.1. The Morgan fingerprint density at radius 2 is 1.76 bits per heavy atom. The summed E-state index contributed by atoms with van der Waals surface area (Å²) in [5.41, 5.74) is 2.05. The molecular weight excluding hydrogens is 388 g/mol. The zero-order valence-corrected chi connectivity index (χ0v) is 17.2. The standard InChI is InChI=1S/C22H22N2O4S/c1-15(2)28-19-7-4-6-18(14-19)24-22(25)17-11-9-16(10-12-17)21-20(29(3,26)27)8-5-13-23-21/h4-15H,1-3H3,(H,24,25). The highest BCUT2D eigenvalue weighted by Gasteiger charge is 2.16. The fraction of sp³-hybridized carbons (Fsp3) is 0.182. The fourth-order valence-electron chi connectivity index (χ4n) is 2.81. The van der Waals surface area contributed by atoms with Gasteiger partial charge in [0, 0.05) is 35.3 Å². The van der Waals surface area contributed by atoms with Gasteiger partial charge in [-0.25, -0.2) is 8.42 Å². The molecule has 0 aliphatic carbocycles. The first kappa shape index (κ1) is 20.5. The molecule has 3 aromatic rings. The first-order valence-electron chi connectivity index (χ1n) is 9.07. The quantitative estimate of drug-likeness (QED) is 0.659. The molecule has 0 aliphatic rings. The van der Waals surface area contributed by atoms with Crippen molar-refractivity contribution >= 4 is 21.4 Å². The van der Waals surface area contributed by atoms with Gasteiger partial charge in [-0.1, -0.05) is 18.2 Å². The number of ether oxygens (including phenoxy) is 1. The zero-order chi connectivity index (χ0) is 21.0. The molecule has 0 spiro atoms. The molecule has 1 N–H and O–H groups in total. The highest BCUT2D eigenvalue weighted by atomic mass is 32.2. The molecule has 2 aromatic carbocycles. The molecular formula is C22H22N2O4S. The monoisotopic (exact) mass is 410 g/mol. The molecule has 0 bridgehead atoms. The summed E-state index contributed by atoms with van der Waals surface area (Å²) < 4.78 is 29.6. The van der Waals surface area contributed by atoms with Crippen LogP contribution in [0.4, 0.5) is 5.69 Å². The van der Waals surface area contributed by atoms with Gasteiger partial charge in [0.25, 0.3) is 5.91 Å². The van der Waals surface area contributed by atoms with Gasteiger partial charge >= 0.3 is 0 Å². The van der Waals surface area contributed by atoms with Crippen molar-refractivity contribution in [3.8, 4) is 17.0 Å². The maximum atomic E-state index is 12.6. The van der Waals surface area contributed by atoms with Crippen LogP contribution < -0.4 is 10.1 Å². The van der Waals surface area contributed by atoms with Crippen LogP contribution in [0.15, 0.2) is 71.8 Å². The average Bonchev–Trinajstić information content (AvgIpc) is 2.67. The third-order valence-corrected chi connectivity index (χ3v) is 5.18. The maximum absolute atomic E-state index is 12.6. The Balaban J connectivity index is 1.80. The Kier molecular flexibility index (Phi) is 5.98. The van der Waals surface area contributed by atoms with E-state index in [1.54, 1.807) is 42.5 Å². The number of rotatable bonds is 6. The minimum atomic E-state index is -3.42. The van der Waals surface area contributed by atoms with Gasteiger partial charge in [-0.2, -0.15) is 0 Å². The number of pyridine rings is 1. The van der Waals surface area contributed by atoms with E-state index >= 15 is 0 Å². The summed E-state index contributed by atoms with van der Waals surface area (Å²) >= 11 is 0. The lowest BCUT2D eigenvalue weighted by molar-refractivity contribution is 0.102. The molecule has 0 fully saturated rings. The number of carbonyl (C=O) groups excluding carboxylic acids is 1. The molecule has 29 heavy (non-hydrogen) atoms. The summed E-state index contributed by atoms with van der Waals surface area (Å²) in [6.07, 6.45) is 2.72. The number of sulfone groups is 1. The molecule has 0 atom stereocenters. The molecule has 1 amide bonds. The van der Waals surface area contributed by atoms with Crippen LogP contribution in [0.25, 0.3) is 11.3 Å². The fourth-order valence-corrected chi connectivity index (χ4v) is 3.66. The zero-order valence-electron chi connectivity index (χ0n) is 16.4. The van der Waals surface area contributed by atoms with Gasteiger partial charge in [-0.15, -0.1) is 0 Å². The van der Waals surface area contributed by atoms with Gasteiger partial charge in [-0.3, -0.25) is 9.78 Å². The molecule has 0 aliphatic heterocycles. The first-order chi connectivity index (χ1) is 13.7. The average molecular weight is 410 g/mol. The number of aromatic nitrogens is 1. The van der Waals surface area contributed by atoms with Crippen molar-refractivity contribution in [1.29, 1.82) is 0 Å². The van der Waals surface area contributed by atoms with Gasteiger partial charge < -0.3 is 10.1 Å². The number of benzene rings is 2. The summed E-state index contributed by atoms with van der Waals surface area (Å²) in [6, 6.07) is 16.9. The Morgan fingerprint density at radius 3 is 2.41 bits per heavy atom. The number of carbonyl (C=O) groups is 1. The second kappa shape index (κ2) is 8.45. The minimum Gasteiger partial charge on any atom is -0.491 e. The van der Waals surface area contributed by atoms with Crippen molar-refractivity contribution in [3.63, 3.8) is 0 Å². The Bertz CT molecular complexity index is 1120. The van der Waals surface area contributed by atoms with Crippen LogP contribution in [0.5, 0.6) is 5.75 Å².